The highest BCUT2D eigenvalue weighted by atomic mass is 35.5. The lowest BCUT2D eigenvalue weighted by Gasteiger charge is -2.71. The van der Waals surface area contributed by atoms with E-state index in [1.807, 2.05) is 0 Å². The van der Waals surface area contributed by atoms with Crippen molar-refractivity contribution < 1.29 is 46.9 Å². The number of nitrogens with zero attached hydrogens (tertiary/aromatic N) is 1. The van der Waals surface area contributed by atoms with Crippen LogP contribution >= 0.6 is 11.6 Å². The summed E-state index contributed by atoms with van der Waals surface area (Å²) >= 11 is 6.40. The Hall–Kier alpha value is -4.10. The maximum atomic E-state index is 15.2. The van der Waals surface area contributed by atoms with E-state index in [-0.39, 0.29) is 63.8 Å². The van der Waals surface area contributed by atoms with Crippen LogP contribution in [-0.2, 0) is 10.9 Å². The molecular formula is C47H52ClF3N2O7. The van der Waals surface area contributed by atoms with Crippen molar-refractivity contribution in [1.82, 2.24) is 4.90 Å². The zero-order valence-electron chi connectivity index (χ0n) is 34.1. The van der Waals surface area contributed by atoms with E-state index >= 15 is 4.79 Å². The predicted octanol–water partition coefficient (Wildman–Crippen LogP) is 10.1. The largest absolute Gasteiger partial charge is 0.497 e. The fraction of sp³-hybridized carbons (Fsp3) is 0.532. The van der Waals surface area contributed by atoms with Gasteiger partial charge in [-0.05, 0) is 130 Å². The Morgan fingerprint density at radius 3 is 2.42 bits per heavy atom. The van der Waals surface area contributed by atoms with Gasteiger partial charge in [-0.25, -0.2) is 4.79 Å². The van der Waals surface area contributed by atoms with Crippen molar-refractivity contribution in [1.29, 1.82) is 0 Å². The quantitative estimate of drug-likeness (QED) is 0.145. The number of ketones is 1. The Morgan fingerprint density at radius 1 is 0.967 bits per heavy atom. The van der Waals surface area contributed by atoms with Crippen LogP contribution in [0.2, 0.25) is 5.02 Å². The number of Topliss-reactive ketones (excluding diaryl/α,β-unsaturated/α-hetero) is 1. The van der Waals surface area contributed by atoms with Crippen LogP contribution in [0.4, 0.5) is 23.7 Å². The van der Waals surface area contributed by atoms with E-state index in [1.54, 1.807) is 36.3 Å². The third-order valence-corrected chi connectivity index (χ3v) is 16.2. The zero-order chi connectivity index (χ0) is 42.5. The Morgan fingerprint density at radius 2 is 1.70 bits per heavy atom. The zero-order valence-corrected chi connectivity index (χ0v) is 34.9. The van der Waals surface area contributed by atoms with Crippen molar-refractivity contribution in [3.05, 3.63) is 94.7 Å². The van der Waals surface area contributed by atoms with Crippen molar-refractivity contribution in [3.8, 4) is 17.1 Å². The molecule has 1 saturated heterocycles. The molecule has 1 aromatic heterocycles. The summed E-state index contributed by atoms with van der Waals surface area (Å²) in [6.07, 6.45) is 7.03. The minimum atomic E-state index is -4.60. The average molecular weight is 849 g/mol. The third kappa shape index (κ3) is 6.29. The number of allylic oxidation sites excluding steroid dienone is 4. The number of aliphatic hydroxyl groups is 2. The molecule has 1 unspecified atom stereocenters. The molecule has 2 spiro atoms. The number of anilines is 1. The second kappa shape index (κ2) is 14.5. The number of alkyl halides is 3. The number of urea groups is 1. The van der Waals surface area contributed by atoms with Crippen molar-refractivity contribution in [2.24, 2.45) is 33.5 Å². The van der Waals surface area contributed by atoms with Crippen LogP contribution in [0.3, 0.4) is 0 Å². The van der Waals surface area contributed by atoms with Crippen LogP contribution in [0, 0.1) is 33.5 Å². The molecule has 1 aliphatic heterocycles. The van der Waals surface area contributed by atoms with Gasteiger partial charge in [0.2, 0.25) is 5.78 Å². The summed E-state index contributed by atoms with van der Waals surface area (Å²) in [6, 6.07) is 12.7. The number of benzene rings is 2. The fourth-order valence-corrected chi connectivity index (χ4v) is 12.9. The lowest BCUT2D eigenvalue weighted by molar-refractivity contribution is -0.175. The first-order valence-corrected chi connectivity index (χ1v) is 21.5. The molecule has 0 radical (unpaired) electrons. The number of methoxy groups -OCH3 is 1. The molecule has 9 atom stereocenters. The van der Waals surface area contributed by atoms with Gasteiger partial charge in [0.05, 0.1) is 42.0 Å². The highest BCUT2D eigenvalue weighted by Gasteiger charge is 2.74. The molecule has 6 aliphatic carbocycles. The number of hydrogen-bond donors (Lipinski definition) is 3. The Balaban J connectivity index is 1.08. The number of amides is 2. The SMILES string of the molecule is COc1ccc(NC(=O)N(C[C@H]2CCCO2)C[C@]2(O)CC[C@H]3[C@]45C=C[C@@]6(C=C4C(=O)c4ccc(-c7cc(C(F)(F)F)ccc7Cl)o4)CC(O)CC[C@]6(C)[C@H]5CC[C@@]32C)cc1. The Bertz CT molecular complexity index is 2250. The number of furan rings is 1. The van der Waals surface area contributed by atoms with Crippen LogP contribution in [0.5, 0.6) is 5.75 Å². The van der Waals surface area contributed by atoms with Gasteiger partial charge in [-0.2, -0.15) is 13.2 Å². The summed E-state index contributed by atoms with van der Waals surface area (Å²) in [7, 11) is 1.58. The van der Waals surface area contributed by atoms with E-state index in [0.29, 0.717) is 68.7 Å². The van der Waals surface area contributed by atoms with Crippen LogP contribution in [0.25, 0.3) is 11.3 Å². The monoisotopic (exact) mass is 848 g/mol. The molecule has 4 fully saturated rings. The minimum Gasteiger partial charge on any atom is -0.497 e. The van der Waals surface area contributed by atoms with Crippen molar-refractivity contribution in [3.63, 3.8) is 0 Å². The smallest absolute Gasteiger partial charge is 0.416 e. The van der Waals surface area contributed by atoms with Crippen LogP contribution in [0.1, 0.15) is 87.8 Å². The van der Waals surface area contributed by atoms with Crippen molar-refractivity contribution in [2.75, 3.05) is 32.1 Å². The Labute approximate surface area is 352 Å². The van der Waals surface area contributed by atoms with Crippen LogP contribution in [0.15, 0.2) is 82.8 Å². The predicted molar refractivity (Wildman–Crippen MR) is 220 cm³/mol. The van der Waals surface area contributed by atoms with Gasteiger partial charge in [-0.1, -0.05) is 43.7 Å². The fourth-order valence-electron chi connectivity index (χ4n) is 12.7. The van der Waals surface area contributed by atoms with Gasteiger partial charge in [0.15, 0.2) is 5.76 Å². The van der Waals surface area contributed by atoms with Gasteiger partial charge in [-0.15, -0.1) is 0 Å². The number of nitrogens with one attached hydrogen (secondary N) is 1. The molecule has 2 bridgehead atoms. The van der Waals surface area contributed by atoms with Gasteiger partial charge in [0, 0.05) is 46.2 Å². The Kier molecular flexibility index (Phi) is 9.97. The molecule has 60 heavy (non-hydrogen) atoms. The molecule has 10 rings (SSSR count). The summed E-state index contributed by atoms with van der Waals surface area (Å²) in [5, 5.41) is 27.3. The summed E-state index contributed by atoms with van der Waals surface area (Å²) in [4.78, 5) is 31.0. The lowest BCUT2D eigenvalue weighted by Crippen LogP contribution is -2.67. The average Bonchev–Trinajstić information content (AvgIpc) is 3.98. The first-order valence-electron chi connectivity index (χ1n) is 21.1. The molecule has 3 saturated carbocycles. The molecule has 320 valence electrons. The summed E-state index contributed by atoms with van der Waals surface area (Å²) in [5.41, 5.74) is -3.55. The van der Waals surface area contributed by atoms with E-state index in [9.17, 15) is 28.2 Å². The number of aliphatic hydroxyl groups excluding tert-OH is 1. The first kappa shape index (κ1) is 41.3. The second-order valence-corrected chi connectivity index (χ2v) is 19.1. The number of hydrogen-bond acceptors (Lipinski definition) is 7. The van der Waals surface area contributed by atoms with Crippen LogP contribution < -0.4 is 10.1 Å². The summed E-state index contributed by atoms with van der Waals surface area (Å²) < 4.78 is 58.6. The molecule has 2 aromatic carbocycles. The second-order valence-electron chi connectivity index (χ2n) is 18.7. The number of carbonyl (C=O) groups excluding carboxylic acids is 2. The minimum absolute atomic E-state index is 0.0134. The number of rotatable bonds is 9. The third-order valence-electron chi connectivity index (χ3n) is 15.9. The van der Waals surface area contributed by atoms with E-state index in [4.69, 9.17) is 25.5 Å². The van der Waals surface area contributed by atoms with Gasteiger partial charge < -0.3 is 34.3 Å². The summed E-state index contributed by atoms with van der Waals surface area (Å²) in [5.74, 6) is 0.0717. The van der Waals surface area contributed by atoms with Crippen molar-refractivity contribution >= 4 is 29.1 Å². The molecular weight excluding hydrogens is 797 g/mol. The van der Waals surface area contributed by atoms with E-state index in [2.05, 4.69) is 37.4 Å². The van der Waals surface area contributed by atoms with Gasteiger partial charge in [0.25, 0.3) is 0 Å². The van der Waals surface area contributed by atoms with Gasteiger partial charge >= 0.3 is 12.2 Å². The topological polar surface area (TPSA) is 121 Å². The molecule has 2 amide bonds. The summed E-state index contributed by atoms with van der Waals surface area (Å²) in [6.45, 7) is 5.38. The molecule has 9 nitrogen and oxygen atoms in total. The molecule has 7 aliphatic rings. The number of halogens is 4. The highest BCUT2D eigenvalue weighted by Crippen LogP contribution is 2.78. The van der Waals surface area contributed by atoms with Crippen molar-refractivity contribution in [2.45, 2.75) is 95.6 Å². The molecule has 13 heteroatoms. The highest BCUT2D eigenvalue weighted by molar-refractivity contribution is 6.33. The lowest BCUT2D eigenvalue weighted by atomic mass is 9.32. The van der Waals surface area contributed by atoms with E-state index < -0.39 is 39.7 Å². The van der Waals surface area contributed by atoms with Crippen LogP contribution in [-0.4, -0.2) is 71.5 Å². The number of ether oxygens (including phenoxy) is 2. The molecule has 3 N–H and O–H groups in total. The molecule has 3 aromatic rings. The van der Waals surface area contributed by atoms with E-state index in [1.165, 1.54) is 18.2 Å². The standard InChI is InChI=1S/C47H52ClF3N2O7/c1-42-17-14-30(54)24-44(42)20-21-46(34(25-44)40(55)37-13-12-36(60-37)33-23-28(47(49,50)51)6-11-35(33)48)38(42)15-18-43(2)39(46)16-19-45(43,57)27-53(26-32-5-4-22-59-32)41(56)52-29-7-9-31(58-3)10-8-29/h6-13,20-21,23,25,30,32,38-39,54,57H,4-5,14-19,22,24,26-27H2,1-3H3,(H,52,56)/t30?,32-,38-,39-,42-,43+,44+,45-,46-/m1/s1. The normalized spacial score (nSPS) is 35.3. The molecule has 2 heterocycles. The number of carbonyl (C=O) groups is 2. The number of fused-ring (bicyclic) bond motifs is 1. The first-order chi connectivity index (χ1) is 28.4. The van der Waals surface area contributed by atoms with E-state index in [0.717, 1.165) is 31.4 Å². The maximum Gasteiger partial charge on any atom is 0.416 e. The van der Waals surface area contributed by atoms with Gasteiger partial charge in [-0.3, -0.25) is 4.79 Å². The maximum absolute atomic E-state index is 15.2. The van der Waals surface area contributed by atoms with Gasteiger partial charge in [0.1, 0.15) is 11.5 Å².